The second-order valence-corrected chi connectivity index (χ2v) is 4.49. The predicted octanol–water partition coefficient (Wildman–Crippen LogP) is 2.81. The Morgan fingerprint density at radius 2 is 1.88 bits per heavy atom. The summed E-state index contributed by atoms with van der Waals surface area (Å²) in [6, 6.07) is 10.5. The number of benzene rings is 1. The van der Waals surface area contributed by atoms with Gasteiger partial charge in [0.15, 0.2) is 0 Å². The molecular weight excluding hydrogens is 196 g/mol. The van der Waals surface area contributed by atoms with Gasteiger partial charge in [0, 0.05) is 12.6 Å². The van der Waals surface area contributed by atoms with Crippen molar-refractivity contribution in [3.8, 4) is 0 Å². The molecule has 0 aliphatic rings. The van der Waals surface area contributed by atoms with Gasteiger partial charge < -0.3 is 10.6 Å². The normalized spacial score (nSPS) is 13.0. The lowest BCUT2D eigenvalue weighted by molar-refractivity contribution is 0.305. The summed E-state index contributed by atoms with van der Waals surface area (Å²) in [4.78, 5) is 2.33. The molecule has 0 aliphatic carbocycles. The van der Waals surface area contributed by atoms with E-state index in [1.54, 1.807) is 0 Å². The van der Waals surface area contributed by atoms with Crippen molar-refractivity contribution >= 4 is 0 Å². The lowest BCUT2D eigenvalue weighted by Crippen LogP contribution is -2.29. The fourth-order valence-corrected chi connectivity index (χ4v) is 1.86. The molecule has 0 radical (unpaired) electrons. The third-order valence-electron chi connectivity index (χ3n) is 2.88. The van der Waals surface area contributed by atoms with E-state index in [0.29, 0.717) is 0 Å². The lowest BCUT2D eigenvalue weighted by atomic mass is 10.1. The third-order valence-corrected chi connectivity index (χ3v) is 2.88. The van der Waals surface area contributed by atoms with Crippen LogP contribution in [0.5, 0.6) is 0 Å². The average molecular weight is 220 g/mol. The molecular formula is C14H24N2. The summed E-state index contributed by atoms with van der Waals surface area (Å²) in [5.41, 5.74) is 7.39. The quantitative estimate of drug-likeness (QED) is 0.716. The van der Waals surface area contributed by atoms with Crippen LogP contribution in [0, 0.1) is 0 Å². The predicted molar refractivity (Wildman–Crippen MR) is 70.4 cm³/mol. The number of rotatable bonds is 7. The summed E-state index contributed by atoms with van der Waals surface area (Å²) in [5, 5.41) is 0. The maximum atomic E-state index is 6.16. The third kappa shape index (κ3) is 4.77. The van der Waals surface area contributed by atoms with E-state index in [9.17, 15) is 0 Å². The number of hydrogen-bond donors (Lipinski definition) is 1. The van der Waals surface area contributed by atoms with Crippen molar-refractivity contribution in [1.82, 2.24) is 4.90 Å². The zero-order valence-electron chi connectivity index (χ0n) is 10.5. The Morgan fingerprint density at radius 1 is 1.19 bits per heavy atom. The van der Waals surface area contributed by atoms with Gasteiger partial charge in [-0.05, 0) is 25.6 Å². The molecule has 90 valence electrons. The van der Waals surface area contributed by atoms with Crippen molar-refractivity contribution in [2.45, 2.75) is 32.2 Å². The molecule has 0 aliphatic heterocycles. The first kappa shape index (κ1) is 13.2. The minimum absolute atomic E-state index is 0.132. The van der Waals surface area contributed by atoms with E-state index in [2.05, 4.69) is 31.0 Å². The van der Waals surface area contributed by atoms with Crippen LogP contribution in [0.2, 0.25) is 0 Å². The second-order valence-electron chi connectivity index (χ2n) is 4.49. The topological polar surface area (TPSA) is 29.3 Å². The van der Waals surface area contributed by atoms with Crippen molar-refractivity contribution in [3.05, 3.63) is 35.9 Å². The lowest BCUT2D eigenvalue weighted by Gasteiger charge is -2.21. The Bertz CT molecular complexity index is 271. The highest BCUT2D eigenvalue weighted by atomic mass is 15.1. The highest BCUT2D eigenvalue weighted by Gasteiger charge is 2.08. The maximum absolute atomic E-state index is 6.16. The molecule has 0 bridgehead atoms. The van der Waals surface area contributed by atoms with E-state index in [1.165, 1.54) is 24.8 Å². The molecule has 1 unspecified atom stereocenters. The summed E-state index contributed by atoms with van der Waals surface area (Å²) in [6.07, 6.45) is 3.86. The maximum Gasteiger partial charge on any atom is 0.0424 e. The zero-order valence-corrected chi connectivity index (χ0v) is 10.5. The molecule has 1 aromatic rings. The van der Waals surface area contributed by atoms with Gasteiger partial charge in [-0.15, -0.1) is 0 Å². The largest absolute Gasteiger partial charge is 0.323 e. The Labute approximate surface area is 99.5 Å². The number of unbranched alkanes of at least 4 members (excludes halogenated alkanes) is 2. The average Bonchev–Trinajstić information content (AvgIpc) is 2.30. The van der Waals surface area contributed by atoms with Crippen LogP contribution >= 0.6 is 0 Å². The molecule has 1 rings (SSSR count). The number of nitrogens with zero attached hydrogens (tertiary/aromatic N) is 1. The van der Waals surface area contributed by atoms with Crippen molar-refractivity contribution < 1.29 is 0 Å². The molecule has 0 fully saturated rings. The summed E-state index contributed by atoms with van der Waals surface area (Å²) in [6.45, 7) is 4.32. The smallest absolute Gasteiger partial charge is 0.0424 e. The molecule has 0 heterocycles. The van der Waals surface area contributed by atoms with Gasteiger partial charge in [0.05, 0.1) is 0 Å². The molecule has 2 heteroatoms. The van der Waals surface area contributed by atoms with Crippen LogP contribution in [0.15, 0.2) is 30.3 Å². The van der Waals surface area contributed by atoms with Crippen LogP contribution in [0.3, 0.4) is 0 Å². The standard InChI is InChI=1S/C14H24N2/c1-3-4-8-11-16(2)12-14(15)13-9-6-5-7-10-13/h5-7,9-10,14H,3-4,8,11-12,15H2,1-2H3. The Morgan fingerprint density at radius 3 is 2.50 bits per heavy atom. The fraction of sp³-hybridized carbons (Fsp3) is 0.571. The second kappa shape index (κ2) is 7.42. The molecule has 0 saturated heterocycles. The highest BCUT2D eigenvalue weighted by molar-refractivity contribution is 5.18. The Hall–Kier alpha value is -0.860. The van der Waals surface area contributed by atoms with Gasteiger partial charge >= 0.3 is 0 Å². The van der Waals surface area contributed by atoms with Crippen LogP contribution in [0.1, 0.15) is 37.8 Å². The van der Waals surface area contributed by atoms with E-state index >= 15 is 0 Å². The van der Waals surface area contributed by atoms with Gasteiger partial charge in [-0.25, -0.2) is 0 Å². The van der Waals surface area contributed by atoms with Gasteiger partial charge in [0.2, 0.25) is 0 Å². The number of nitrogens with two attached hydrogens (primary N) is 1. The van der Waals surface area contributed by atoms with Gasteiger partial charge in [0.1, 0.15) is 0 Å². The first-order valence-electron chi connectivity index (χ1n) is 6.23. The van der Waals surface area contributed by atoms with Crippen LogP contribution in [-0.4, -0.2) is 25.0 Å². The van der Waals surface area contributed by atoms with Gasteiger partial charge in [-0.3, -0.25) is 0 Å². The van der Waals surface area contributed by atoms with E-state index < -0.39 is 0 Å². The van der Waals surface area contributed by atoms with E-state index in [-0.39, 0.29) is 6.04 Å². The summed E-state index contributed by atoms with van der Waals surface area (Å²) < 4.78 is 0. The van der Waals surface area contributed by atoms with E-state index in [1.807, 2.05) is 18.2 Å². The van der Waals surface area contributed by atoms with E-state index in [4.69, 9.17) is 5.73 Å². The van der Waals surface area contributed by atoms with Crippen LogP contribution in [0.4, 0.5) is 0 Å². The molecule has 0 saturated carbocycles. The van der Waals surface area contributed by atoms with Crippen LogP contribution in [-0.2, 0) is 0 Å². The van der Waals surface area contributed by atoms with Gasteiger partial charge in [-0.2, -0.15) is 0 Å². The minimum atomic E-state index is 0.132. The van der Waals surface area contributed by atoms with Gasteiger partial charge in [-0.1, -0.05) is 50.1 Å². The molecule has 0 spiro atoms. The zero-order chi connectivity index (χ0) is 11.8. The minimum Gasteiger partial charge on any atom is -0.323 e. The number of likely N-dealkylation sites (N-methyl/N-ethyl adjacent to an activating group) is 1. The molecule has 0 amide bonds. The monoisotopic (exact) mass is 220 g/mol. The Kier molecular flexibility index (Phi) is 6.12. The van der Waals surface area contributed by atoms with Crippen molar-refractivity contribution in [2.75, 3.05) is 20.1 Å². The summed E-state index contributed by atoms with van der Waals surface area (Å²) in [7, 11) is 2.15. The fourth-order valence-electron chi connectivity index (χ4n) is 1.86. The summed E-state index contributed by atoms with van der Waals surface area (Å²) >= 11 is 0. The molecule has 1 aromatic carbocycles. The first-order chi connectivity index (χ1) is 7.74. The van der Waals surface area contributed by atoms with E-state index in [0.717, 1.165) is 13.1 Å². The molecule has 1 atom stereocenters. The Balaban J connectivity index is 2.31. The number of hydrogen-bond acceptors (Lipinski definition) is 2. The van der Waals surface area contributed by atoms with Gasteiger partial charge in [0.25, 0.3) is 0 Å². The first-order valence-corrected chi connectivity index (χ1v) is 6.23. The molecule has 16 heavy (non-hydrogen) atoms. The van der Waals surface area contributed by atoms with Crippen LogP contribution < -0.4 is 5.73 Å². The highest BCUT2D eigenvalue weighted by Crippen LogP contribution is 2.10. The molecule has 2 nitrogen and oxygen atoms in total. The van der Waals surface area contributed by atoms with Crippen molar-refractivity contribution in [2.24, 2.45) is 5.73 Å². The van der Waals surface area contributed by atoms with Crippen molar-refractivity contribution in [1.29, 1.82) is 0 Å². The van der Waals surface area contributed by atoms with Crippen LogP contribution in [0.25, 0.3) is 0 Å². The molecule has 2 N–H and O–H groups in total. The SMILES string of the molecule is CCCCCN(C)CC(N)c1ccccc1. The molecule has 0 aromatic heterocycles. The van der Waals surface area contributed by atoms with Crippen molar-refractivity contribution in [3.63, 3.8) is 0 Å². The summed E-state index contributed by atoms with van der Waals surface area (Å²) in [5.74, 6) is 0.